The number of carbonyl (C=O) groups is 1. The first-order valence-corrected chi connectivity index (χ1v) is 8.36. The van der Waals surface area contributed by atoms with Crippen molar-refractivity contribution in [2.24, 2.45) is 0 Å². The van der Waals surface area contributed by atoms with E-state index in [1.54, 1.807) is 0 Å². The number of hydrogen-bond acceptors (Lipinski definition) is 2. The van der Waals surface area contributed by atoms with Gasteiger partial charge in [0.25, 0.3) is 0 Å². The van der Waals surface area contributed by atoms with E-state index in [1.165, 1.54) is 11.1 Å². The largest absolute Gasteiger partial charge is 0.461 e. The third kappa shape index (κ3) is 2.91. The maximum Gasteiger partial charge on any atom is 0.355 e. The van der Waals surface area contributed by atoms with E-state index in [9.17, 15) is 4.79 Å². The Bertz CT molecular complexity index is 879. The van der Waals surface area contributed by atoms with Gasteiger partial charge in [-0.15, -0.1) is 0 Å². The fourth-order valence-electron chi connectivity index (χ4n) is 2.73. The zero-order valence-corrected chi connectivity index (χ0v) is 15.0. The molecule has 0 saturated heterocycles. The average Bonchev–Trinajstić information content (AvgIpc) is 2.87. The molecule has 0 fully saturated rings. The molecule has 0 saturated carbocycles. The van der Waals surface area contributed by atoms with Gasteiger partial charge in [-0.25, -0.2) is 4.79 Å². The summed E-state index contributed by atoms with van der Waals surface area (Å²) in [5.74, 6) is -0.322. The molecule has 2 aromatic carbocycles. The summed E-state index contributed by atoms with van der Waals surface area (Å²) in [6.07, 6.45) is 0. The Morgan fingerprint density at radius 3 is 2.43 bits per heavy atom. The number of aromatic nitrogens is 1. The van der Waals surface area contributed by atoms with Gasteiger partial charge >= 0.3 is 5.97 Å². The van der Waals surface area contributed by atoms with E-state index in [-0.39, 0.29) is 5.97 Å². The summed E-state index contributed by atoms with van der Waals surface area (Å²) in [5.41, 5.74) is 5.74. The van der Waals surface area contributed by atoms with Crippen molar-refractivity contribution >= 4 is 32.8 Å². The smallest absolute Gasteiger partial charge is 0.355 e. The minimum Gasteiger partial charge on any atom is -0.461 e. The molecule has 4 heteroatoms. The summed E-state index contributed by atoms with van der Waals surface area (Å²) in [6, 6.07) is 12.2. The number of esters is 1. The van der Waals surface area contributed by atoms with E-state index in [0.717, 1.165) is 26.5 Å². The summed E-state index contributed by atoms with van der Waals surface area (Å²) in [5, 5.41) is 1.04. The van der Waals surface area contributed by atoms with E-state index in [2.05, 4.69) is 46.9 Å². The van der Waals surface area contributed by atoms with Crippen molar-refractivity contribution in [2.75, 3.05) is 6.61 Å². The lowest BCUT2D eigenvalue weighted by atomic mass is 9.99. The molecule has 3 nitrogen and oxygen atoms in total. The van der Waals surface area contributed by atoms with Gasteiger partial charge in [0.2, 0.25) is 0 Å². The van der Waals surface area contributed by atoms with Crippen LogP contribution in [0.1, 0.15) is 28.5 Å². The van der Waals surface area contributed by atoms with Crippen molar-refractivity contribution in [3.63, 3.8) is 0 Å². The van der Waals surface area contributed by atoms with Crippen molar-refractivity contribution in [1.29, 1.82) is 0 Å². The van der Waals surface area contributed by atoms with Crippen LogP contribution >= 0.6 is 15.9 Å². The van der Waals surface area contributed by atoms with E-state index >= 15 is 0 Å². The first-order valence-electron chi connectivity index (χ1n) is 7.57. The van der Waals surface area contributed by atoms with Gasteiger partial charge in [-0.05, 0) is 61.7 Å². The van der Waals surface area contributed by atoms with E-state index in [4.69, 9.17) is 4.74 Å². The van der Waals surface area contributed by atoms with E-state index in [0.29, 0.717) is 12.3 Å². The maximum atomic E-state index is 12.4. The second-order valence-corrected chi connectivity index (χ2v) is 6.50. The molecular formula is C19H18BrNO2. The Kier molecular flexibility index (Phi) is 4.26. The van der Waals surface area contributed by atoms with Gasteiger partial charge in [-0.1, -0.05) is 28.1 Å². The Morgan fingerprint density at radius 2 is 1.78 bits per heavy atom. The molecule has 118 valence electrons. The first-order chi connectivity index (χ1) is 11.0. The zero-order valence-electron chi connectivity index (χ0n) is 13.4. The molecule has 1 heterocycles. The van der Waals surface area contributed by atoms with Crippen LogP contribution in [0.25, 0.3) is 22.0 Å². The number of ether oxygens (including phenoxy) is 1. The second-order valence-electron chi connectivity index (χ2n) is 5.58. The fourth-order valence-corrected chi connectivity index (χ4v) is 3.00. The van der Waals surface area contributed by atoms with Gasteiger partial charge in [-0.2, -0.15) is 0 Å². The molecule has 1 N–H and O–H groups in total. The van der Waals surface area contributed by atoms with Crippen LogP contribution < -0.4 is 0 Å². The minimum absolute atomic E-state index is 0.322. The quantitative estimate of drug-likeness (QED) is 0.627. The van der Waals surface area contributed by atoms with Crippen LogP contribution in [0.5, 0.6) is 0 Å². The van der Waals surface area contributed by atoms with Gasteiger partial charge in [0.05, 0.1) is 6.61 Å². The molecule has 3 rings (SSSR count). The van der Waals surface area contributed by atoms with Crippen LogP contribution in [0.2, 0.25) is 0 Å². The number of hydrogen-bond donors (Lipinski definition) is 1. The molecule has 0 aliphatic heterocycles. The molecular weight excluding hydrogens is 354 g/mol. The monoisotopic (exact) mass is 371 g/mol. The first kappa shape index (κ1) is 15.8. The molecule has 1 aromatic heterocycles. The Labute approximate surface area is 143 Å². The minimum atomic E-state index is -0.322. The third-order valence-electron chi connectivity index (χ3n) is 4.03. The highest BCUT2D eigenvalue weighted by Gasteiger charge is 2.20. The maximum absolute atomic E-state index is 12.4. The van der Waals surface area contributed by atoms with Gasteiger partial charge in [0.15, 0.2) is 0 Å². The number of aromatic amines is 1. The summed E-state index contributed by atoms with van der Waals surface area (Å²) in [6.45, 7) is 6.32. The average molecular weight is 372 g/mol. The summed E-state index contributed by atoms with van der Waals surface area (Å²) in [4.78, 5) is 15.6. The molecule has 0 unspecified atom stereocenters. The molecule has 23 heavy (non-hydrogen) atoms. The SMILES string of the molecule is CCOC(=O)c1[nH]c2cc(C)c(C)cc2c1-c1ccc(Br)cc1. The molecule has 0 radical (unpaired) electrons. The number of aryl methyl sites for hydroxylation is 2. The highest BCUT2D eigenvalue weighted by Crippen LogP contribution is 2.35. The summed E-state index contributed by atoms with van der Waals surface area (Å²) in [7, 11) is 0. The lowest BCUT2D eigenvalue weighted by molar-refractivity contribution is 0.0521. The molecule has 3 aromatic rings. The number of nitrogens with one attached hydrogen (secondary N) is 1. The standard InChI is InChI=1S/C19H18BrNO2/c1-4-23-19(22)18-17(13-5-7-14(20)8-6-13)15-9-11(2)12(3)10-16(15)21-18/h5-10,21H,4H2,1-3H3. The van der Waals surface area contributed by atoms with Gasteiger partial charge in [0, 0.05) is 20.9 Å². The van der Waals surface area contributed by atoms with Crippen LogP contribution in [0, 0.1) is 13.8 Å². The highest BCUT2D eigenvalue weighted by atomic mass is 79.9. The molecule has 0 bridgehead atoms. The Morgan fingerprint density at radius 1 is 1.13 bits per heavy atom. The van der Waals surface area contributed by atoms with Gasteiger partial charge < -0.3 is 9.72 Å². The van der Waals surface area contributed by atoms with E-state index < -0.39 is 0 Å². The molecule has 0 aliphatic rings. The number of carbonyl (C=O) groups excluding carboxylic acids is 1. The van der Waals surface area contributed by atoms with Gasteiger partial charge in [0.1, 0.15) is 5.69 Å². The van der Waals surface area contributed by atoms with Crippen molar-refractivity contribution in [3.8, 4) is 11.1 Å². The summed E-state index contributed by atoms with van der Waals surface area (Å²) >= 11 is 3.45. The van der Waals surface area contributed by atoms with Crippen LogP contribution in [0.4, 0.5) is 0 Å². The van der Waals surface area contributed by atoms with Gasteiger partial charge in [-0.3, -0.25) is 0 Å². The van der Waals surface area contributed by atoms with Crippen LogP contribution in [0.15, 0.2) is 40.9 Å². The number of halogens is 1. The van der Waals surface area contributed by atoms with Crippen LogP contribution in [-0.4, -0.2) is 17.6 Å². The number of fused-ring (bicyclic) bond motifs is 1. The zero-order chi connectivity index (χ0) is 16.6. The fraction of sp³-hybridized carbons (Fsp3) is 0.211. The number of H-pyrrole nitrogens is 1. The lowest BCUT2D eigenvalue weighted by Gasteiger charge is -2.06. The predicted octanol–water partition coefficient (Wildman–Crippen LogP) is 5.39. The third-order valence-corrected chi connectivity index (χ3v) is 4.55. The van der Waals surface area contributed by atoms with E-state index in [1.807, 2.05) is 31.2 Å². The van der Waals surface area contributed by atoms with Crippen molar-refractivity contribution in [3.05, 3.63) is 57.7 Å². The molecule has 0 atom stereocenters. The molecule has 0 aliphatic carbocycles. The number of rotatable bonds is 3. The van der Waals surface area contributed by atoms with Crippen molar-refractivity contribution in [1.82, 2.24) is 4.98 Å². The van der Waals surface area contributed by atoms with Crippen LogP contribution in [-0.2, 0) is 4.74 Å². The van der Waals surface area contributed by atoms with Crippen molar-refractivity contribution in [2.45, 2.75) is 20.8 Å². The summed E-state index contributed by atoms with van der Waals surface area (Å²) < 4.78 is 6.23. The highest BCUT2D eigenvalue weighted by molar-refractivity contribution is 9.10. The Balaban J connectivity index is 2.30. The Hall–Kier alpha value is -2.07. The van der Waals surface area contributed by atoms with Crippen LogP contribution in [0.3, 0.4) is 0 Å². The molecule has 0 spiro atoms. The molecule has 0 amide bonds. The second kappa shape index (κ2) is 6.20. The topological polar surface area (TPSA) is 42.1 Å². The van der Waals surface area contributed by atoms with Crippen molar-refractivity contribution < 1.29 is 9.53 Å². The lowest BCUT2D eigenvalue weighted by Crippen LogP contribution is -2.06. The normalized spacial score (nSPS) is 11.0. The predicted molar refractivity (Wildman–Crippen MR) is 96.9 cm³/mol. The number of benzene rings is 2.